The highest BCUT2D eigenvalue weighted by molar-refractivity contribution is 9.10. The van der Waals surface area contributed by atoms with Crippen LogP contribution in [0.2, 0.25) is 0 Å². The molecule has 0 fully saturated rings. The van der Waals surface area contributed by atoms with E-state index in [0.717, 1.165) is 22.3 Å². The normalized spacial score (nSPS) is 10.8. The summed E-state index contributed by atoms with van der Waals surface area (Å²) in [7, 11) is 0. The van der Waals surface area contributed by atoms with Crippen LogP contribution in [0.5, 0.6) is 5.75 Å². The standard InChI is InChI=1S/C17H20BrNO/c1-13(2)19-11-14-8-9-15(17(18)10-14)12-20-16-6-4-3-5-7-16/h3-10,13,19H,11-12H2,1-2H3. The maximum absolute atomic E-state index is 5.77. The molecule has 0 saturated heterocycles. The number of halogens is 1. The van der Waals surface area contributed by atoms with Crippen molar-refractivity contribution < 1.29 is 4.74 Å². The van der Waals surface area contributed by atoms with Gasteiger partial charge in [-0.15, -0.1) is 0 Å². The molecule has 0 atom stereocenters. The molecule has 0 aliphatic rings. The fourth-order valence-corrected chi connectivity index (χ4v) is 2.36. The molecule has 0 saturated carbocycles. The molecule has 0 aliphatic carbocycles. The van der Waals surface area contributed by atoms with E-state index in [-0.39, 0.29) is 0 Å². The van der Waals surface area contributed by atoms with Gasteiger partial charge in [0.05, 0.1) is 0 Å². The maximum atomic E-state index is 5.77. The van der Waals surface area contributed by atoms with Gasteiger partial charge in [-0.2, -0.15) is 0 Å². The van der Waals surface area contributed by atoms with Crippen molar-refractivity contribution in [3.05, 3.63) is 64.1 Å². The van der Waals surface area contributed by atoms with Crippen LogP contribution in [-0.4, -0.2) is 6.04 Å². The molecule has 2 rings (SSSR count). The third-order valence-electron chi connectivity index (χ3n) is 2.97. The lowest BCUT2D eigenvalue weighted by molar-refractivity contribution is 0.305. The number of nitrogens with one attached hydrogen (secondary N) is 1. The van der Waals surface area contributed by atoms with Gasteiger partial charge in [0.1, 0.15) is 12.4 Å². The van der Waals surface area contributed by atoms with Gasteiger partial charge in [-0.3, -0.25) is 0 Å². The van der Waals surface area contributed by atoms with E-state index in [0.29, 0.717) is 12.6 Å². The summed E-state index contributed by atoms with van der Waals surface area (Å²) in [6.07, 6.45) is 0. The van der Waals surface area contributed by atoms with Crippen molar-refractivity contribution in [3.8, 4) is 5.75 Å². The first-order valence-electron chi connectivity index (χ1n) is 6.83. The molecule has 0 bridgehead atoms. The van der Waals surface area contributed by atoms with E-state index in [9.17, 15) is 0 Å². The zero-order chi connectivity index (χ0) is 14.4. The largest absolute Gasteiger partial charge is 0.489 e. The zero-order valence-corrected chi connectivity index (χ0v) is 13.5. The zero-order valence-electron chi connectivity index (χ0n) is 11.9. The molecule has 0 amide bonds. The summed E-state index contributed by atoms with van der Waals surface area (Å²) in [5.74, 6) is 0.893. The predicted octanol–water partition coefficient (Wildman–Crippen LogP) is 4.53. The Morgan fingerprint density at radius 1 is 1.10 bits per heavy atom. The molecule has 2 nitrogen and oxygen atoms in total. The van der Waals surface area contributed by atoms with Crippen LogP contribution in [0.1, 0.15) is 25.0 Å². The van der Waals surface area contributed by atoms with Gasteiger partial charge in [-0.1, -0.05) is 60.1 Å². The molecule has 1 N–H and O–H groups in total. The summed E-state index contributed by atoms with van der Waals surface area (Å²) in [4.78, 5) is 0. The van der Waals surface area contributed by atoms with E-state index in [2.05, 4.69) is 53.3 Å². The Kier molecular flexibility index (Phi) is 5.62. The van der Waals surface area contributed by atoms with Crippen molar-refractivity contribution in [2.75, 3.05) is 0 Å². The molecule has 0 aliphatic heterocycles. The Bertz CT molecular complexity index is 540. The number of rotatable bonds is 6. The molecule has 2 aromatic rings. The summed E-state index contributed by atoms with van der Waals surface area (Å²) in [5.41, 5.74) is 2.43. The second-order valence-electron chi connectivity index (χ2n) is 5.06. The lowest BCUT2D eigenvalue weighted by Crippen LogP contribution is -2.21. The lowest BCUT2D eigenvalue weighted by Gasteiger charge is -2.11. The Hall–Kier alpha value is -1.32. The third kappa shape index (κ3) is 4.66. The minimum Gasteiger partial charge on any atom is -0.489 e. The van der Waals surface area contributed by atoms with Crippen LogP contribution in [0.25, 0.3) is 0 Å². The van der Waals surface area contributed by atoms with Crippen LogP contribution in [0.3, 0.4) is 0 Å². The molecule has 2 aromatic carbocycles. The summed E-state index contributed by atoms with van der Waals surface area (Å²) in [6.45, 7) is 5.76. The van der Waals surface area contributed by atoms with E-state index in [1.165, 1.54) is 5.56 Å². The molecule has 0 radical (unpaired) electrons. The summed E-state index contributed by atoms with van der Waals surface area (Å²) >= 11 is 3.62. The monoisotopic (exact) mass is 333 g/mol. The summed E-state index contributed by atoms with van der Waals surface area (Å²) < 4.78 is 6.86. The third-order valence-corrected chi connectivity index (χ3v) is 3.71. The van der Waals surface area contributed by atoms with Crippen LogP contribution in [0.4, 0.5) is 0 Å². The Labute approximate surface area is 129 Å². The molecule has 20 heavy (non-hydrogen) atoms. The quantitative estimate of drug-likeness (QED) is 0.838. The highest BCUT2D eigenvalue weighted by atomic mass is 79.9. The molecule has 0 spiro atoms. The number of para-hydroxylation sites is 1. The number of hydrogen-bond acceptors (Lipinski definition) is 2. The van der Waals surface area contributed by atoms with Gasteiger partial charge in [-0.25, -0.2) is 0 Å². The van der Waals surface area contributed by atoms with Gasteiger partial charge in [0.2, 0.25) is 0 Å². The number of ether oxygens (including phenoxy) is 1. The van der Waals surface area contributed by atoms with Crippen molar-refractivity contribution >= 4 is 15.9 Å². The molecule has 3 heteroatoms. The Morgan fingerprint density at radius 2 is 1.85 bits per heavy atom. The van der Waals surface area contributed by atoms with Gasteiger partial charge < -0.3 is 10.1 Å². The van der Waals surface area contributed by atoms with Crippen molar-refractivity contribution in [2.24, 2.45) is 0 Å². The average Bonchev–Trinajstić information content (AvgIpc) is 2.45. The van der Waals surface area contributed by atoms with E-state index >= 15 is 0 Å². The number of hydrogen-bond donors (Lipinski definition) is 1. The first-order valence-corrected chi connectivity index (χ1v) is 7.63. The smallest absolute Gasteiger partial charge is 0.119 e. The van der Waals surface area contributed by atoms with Crippen molar-refractivity contribution in [1.29, 1.82) is 0 Å². The Morgan fingerprint density at radius 3 is 2.50 bits per heavy atom. The van der Waals surface area contributed by atoms with Gasteiger partial charge in [0.25, 0.3) is 0 Å². The minimum absolute atomic E-state index is 0.495. The highest BCUT2D eigenvalue weighted by Crippen LogP contribution is 2.21. The van der Waals surface area contributed by atoms with Crippen LogP contribution in [0.15, 0.2) is 53.0 Å². The molecule has 0 aromatic heterocycles. The highest BCUT2D eigenvalue weighted by Gasteiger charge is 2.03. The van der Waals surface area contributed by atoms with E-state index in [1.54, 1.807) is 0 Å². The number of benzene rings is 2. The van der Waals surface area contributed by atoms with E-state index in [1.807, 2.05) is 30.3 Å². The first-order chi connectivity index (χ1) is 9.65. The van der Waals surface area contributed by atoms with Gasteiger partial charge in [0, 0.05) is 22.6 Å². The van der Waals surface area contributed by atoms with Crippen molar-refractivity contribution in [3.63, 3.8) is 0 Å². The first kappa shape index (κ1) is 15.1. The van der Waals surface area contributed by atoms with Crippen LogP contribution in [0, 0.1) is 0 Å². The fraction of sp³-hybridized carbons (Fsp3) is 0.294. The topological polar surface area (TPSA) is 21.3 Å². The maximum Gasteiger partial charge on any atom is 0.119 e. The van der Waals surface area contributed by atoms with Crippen molar-refractivity contribution in [1.82, 2.24) is 5.32 Å². The second kappa shape index (κ2) is 7.46. The van der Waals surface area contributed by atoms with Crippen LogP contribution < -0.4 is 10.1 Å². The van der Waals surface area contributed by atoms with Gasteiger partial charge in [0.15, 0.2) is 0 Å². The Balaban J connectivity index is 1.95. The van der Waals surface area contributed by atoms with Crippen LogP contribution in [-0.2, 0) is 13.2 Å². The second-order valence-corrected chi connectivity index (χ2v) is 5.92. The average molecular weight is 334 g/mol. The molecule has 0 heterocycles. The van der Waals surface area contributed by atoms with E-state index < -0.39 is 0 Å². The van der Waals surface area contributed by atoms with Crippen LogP contribution >= 0.6 is 15.9 Å². The summed E-state index contributed by atoms with van der Waals surface area (Å²) in [5, 5.41) is 3.41. The van der Waals surface area contributed by atoms with Gasteiger partial charge in [-0.05, 0) is 23.8 Å². The van der Waals surface area contributed by atoms with Gasteiger partial charge >= 0.3 is 0 Å². The van der Waals surface area contributed by atoms with Crippen molar-refractivity contribution in [2.45, 2.75) is 33.0 Å². The molecule has 0 unspecified atom stereocenters. The summed E-state index contributed by atoms with van der Waals surface area (Å²) in [6, 6.07) is 16.8. The predicted molar refractivity (Wildman–Crippen MR) is 86.9 cm³/mol. The lowest BCUT2D eigenvalue weighted by atomic mass is 10.1. The fourth-order valence-electron chi connectivity index (χ4n) is 1.82. The SMILES string of the molecule is CC(C)NCc1ccc(COc2ccccc2)c(Br)c1. The molecular weight excluding hydrogens is 314 g/mol. The van der Waals surface area contributed by atoms with E-state index in [4.69, 9.17) is 4.74 Å². The minimum atomic E-state index is 0.495. The molecule has 106 valence electrons. The molecular formula is C17H20BrNO.